The number of aromatic hydroxyl groups is 1. The predicted octanol–water partition coefficient (Wildman–Crippen LogP) is 5.07. The highest BCUT2D eigenvalue weighted by molar-refractivity contribution is 6.12. The lowest BCUT2D eigenvalue weighted by Gasteiger charge is -2.11. The van der Waals surface area contributed by atoms with E-state index in [9.17, 15) is 5.11 Å². The van der Waals surface area contributed by atoms with Gasteiger partial charge in [-0.3, -0.25) is 0 Å². The van der Waals surface area contributed by atoms with Gasteiger partial charge >= 0.3 is 0 Å². The molecule has 106 valence electrons. The number of fused-ring (bicyclic) bond motifs is 3. The molecule has 0 unspecified atom stereocenters. The molecule has 0 amide bonds. The minimum Gasteiger partial charge on any atom is -0.493 e. The maximum atomic E-state index is 9.53. The van der Waals surface area contributed by atoms with Crippen molar-refractivity contribution in [1.29, 1.82) is 0 Å². The Hall–Kier alpha value is -2.87. The van der Waals surface area contributed by atoms with Crippen LogP contribution in [0.2, 0.25) is 0 Å². The molecule has 22 heavy (non-hydrogen) atoms. The van der Waals surface area contributed by atoms with Crippen molar-refractivity contribution in [2.45, 2.75) is 6.92 Å². The first-order valence-electron chi connectivity index (χ1n) is 7.31. The van der Waals surface area contributed by atoms with Gasteiger partial charge in [0.15, 0.2) is 0 Å². The number of aromatic nitrogens is 1. The summed E-state index contributed by atoms with van der Waals surface area (Å²) in [5.74, 6) is 0.0620. The zero-order chi connectivity index (χ0) is 15.1. The second-order valence-corrected chi connectivity index (χ2v) is 5.49. The van der Waals surface area contributed by atoms with Crippen LogP contribution in [0.1, 0.15) is 5.69 Å². The molecule has 0 spiro atoms. The van der Waals surface area contributed by atoms with Gasteiger partial charge in [-0.05, 0) is 40.1 Å². The monoisotopic (exact) mass is 285 g/mol. The fourth-order valence-electron chi connectivity index (χ4n) is 3.11. The second kappa shape index (κ2) is 4.85. The third-order valence-corrected chi connectivity index (χ3v) is 4.15. The zero-order valence-corrected chi connectivity index (χ0v) is 12.2. The Balaban J connectivity index is 2.09. The molecule has 0 atom stereocenters. The van der Waals surface area contributed by atoms with Crippen molar-refractivity contribution >= 4 is 21.5 Å². The van der Waals surface area contributed by atoms with Crippen LogP contribution < -0.4 is 0 Å². The van der Waals surface area contributed by atoms with E-state index in [-0.39, 0.29) is 5.88 Å². The van der Waals surface area contributed by atoms with Crippen LogP contribution in [-0.4, -0.2) is 10.1 Å². The van der Waals surface area contributed by atoms with E-state index in [2.05, 4.69) is 59.6 Å². The van der Waals surface area contributed by atoms with Crippen LogP contribution in [0, 0.1) is 6.92 Å². The number of rotatable bonds is 1. The summed E-state index contributed by atoms with van der Waals surface area (Å²) in [5, 5.41) is 14.5. The number of pyridine rings is 1. The van der Waals surface area contributed by atoms with Crippen LogP contribution in [-0.2, 0) is 0 Å². The highest BCUT2D eigenvalue weighted by Crippen LogP contribution is 2.34. The van der Waals surface area contributed by atoms with Crippen molar-refractivity contribution in [3.8, 4) is 17.0 Å². The van der Waals surface area contributed by atoms with Gasteiger partial charge < -0.3 is 5.11 Å². The lowest BCUT2D eigenvalue weighted by atomic mass is 9.94. The van der Waals surface area contributed by atoms with E-state index < -0.39 is 0 Å². The summed E-state index contributed by atoms with van der Waals surface area (Å²) in [6, 6.07) is 22.7. The van der Waals surface area contributed by atoms with Crippen molar-refractivity contribution in [2.75, 3.05) is 0 Å². The Morgan fingerprint density at radius 2 is 1.50 bits per heavy atom. The number of hydrogen-bond donors (Lipinski definition) is 1. The standard InChI is InChI=1S/C20H15NO/c1-13-15(11-12-20(22)21-13)17-7-4-8-18-16-6-3-2-5-14(16)9-10-19(17)18/h2-12H,1H3,(H,21,22). The molecule has 0 aliphatic heterocycles. The molecule has 0 aliphatic carbocycles. The summed E-state index contributed by atoms with van der Waals surface area (Å²) in [6.45, 7) is 1.93. The van der Waals surface area contributed by atoms with Crippen LogP contribution in [0.5, 0.6) is 5.88 Å². The summed E-state index contributed by atoms with van der Waals surface area (Å²) < 4.78 is 0. The van der Waals surface area contributed by atoms with Crippen LogP contribution in [0.25, 0.3) is 32.7 Å². The van der Waals surface area contributed by atoms with E-state index in [0.29, 0.717) is 0 Å². The van der Waals surface area contributed by atoms with Crippen molar-refractivity contribution in [1.82, 2.24) is 4.98 Å². The van der Waals surface area contributed by atoms with Crippen LogP contribution in [0.15, 0.2) is 66.7 Å². The van der Waals surface area contributed by atoms with Gasteiger partial charge in [-0.1, -0.05) is 54.6 Å². The molecule has 0 saturated heterocycles. The van der Waals surface area contributed by atoms with Crippen LogP contribution >= 0.6 is 0 Å². The molecule has 0 radical (unpaired) electrons. The van der Waals surface area contributed by atoms with Crippen molar-refractivity contribution in [2.24, 2.45) is 0 Å². The lowest BCUT2D eigenvalue weighted by molar-refractivity contribution is 0.452. The Bertz CT molecular complexity index is 1000. The Morgan fingerprint density at radius 1 is 0.682 bits per heavy atom. The van der Waals surface area contributed by atoms with Gasteiger partial charge in [-0.25, -0.2) is 4.98 Å². The van der Waals surface area contributed by atoms with Crippen molar-refractivity contribution < 1.29 is 5.11 Å². The molecule has 1 N–H and O–H groups in total. The normalized spacial score (nSPS) is 11.1. The minimum atomic E-state index is 0.0620. The molecule has 4 aromatic rings. The third kappa shape index (κ3) is 1.92. The topological polar surface area (TPSA) is 33.1 Å². The second-order valence-electron chi connectivity index (χ2n) is 5.49. The van der Waals surface area contributed by atoms with Gasteiger partial charge in [0.25, 0.3) is 0 Å². The highest BCUT2D eigenvalue weighted by atomic mass is 16.3. The van der Waals surface area contributed by atoms with Gasteiger partial charge in [-0.15, -0.1) is 0 Å². The number of aryl methyl sites for hydroxylation is 1. The summed E-state index contributed by atoms with van der Waals surface area (Å²) in [6.07, 6.45) is 0. The molecular formula is C20H15NO. The smallest absolute Gasteiger partial charge is 0.210 e. The van der Waals surface area contributed by atoms with E-state index in [1.54, 1.807) is 6.07 Å². The van der Waals surface area contributed by atoms with Gasteiger partial charge in [-0.2, -0.15) is 0 Å². The number of hydrogen-bond acceptors (Lipinski definition) is 2. The molecule has 2 heteroatoms. The molecule has 0 saturated carbocycles. The van der Waals surface area contributed by atoms with Crippen LogP contribution in [0.4, 0.5) is 0 Å². The average molecular weight is 285 g/mol. The molecule has 1 aromatic heterocycles. The van der Waals surface area contributed by atoms with Gasteiger partial charge in [0.2, 0.25) is 5.88 Å². The van der Waals surface area contributed by atoms with Gasteiger partial charge in [0, 0.05) is 17.3 Å². The average Bonchev–Trinajstić information content (AvgIpc) is 2.54. The molecule has 0 aliphatic rings. The first-order valence-corrected chi connectivity index (χ1v) is 7.31. The SMILES string of the molecule is Cc1nc(O)ccc1-c1cccc2c1ccc1ccccc12. The largest absolute Gasteiger partial charge is 0.493 e. The number of benzene rings is 3. The summed E-state index contributed by atoms with van der Waals surface area (Å²) >= 11 is 0. The first kappa shape index (κ1) is 12.8. The molecule has 1 heterocycles. The minimum absolute atomic E-state index is 0.0620. The third-order valence-electron chi connectivity index (χ3n) is 4.15. The summed E-state index contributed by atoms with van der Waals surface area (Å²) in [4.78, 5) is 4.17. The lowest BCUT2D eigenvalue weighted by Crippen LogP contribution is -1.89. The van der Waals surface area contributed by atoms with Crippen molar-refractivity contribution in [3.63, 3.8) is 0 Å². The summed E-state index contributed by atoms with van der Waals surface area (Å²) in [7, 11) is 0. The molecule has 2 nitrogen and oxygen atoms in total. The first-order chi connectivity index (χ1) is 10.7. The van der Waals surface area contributed by atoms with E-state index in [1.165, 1.54) is 21.5 Å². The van der Waals surface area contributed by atoms with E-state index in [1.807, 2.05) is 13.0 Å². The zero-order valence-electron chi connectivity index (χ0n) is 12.2. The maximum absolute atomic E-state index is 9.53. The number of nitrogens with zero attached hydrogens (tertiary/aromatic N) is 1. The predicted molar refractivity (Wildman–Crippen MR) is 91.1 cm³/mol. The fourth-order valence-corrected chi connectivity index (χ4v) is 3.11. The highest BCUT2D eigenvalue weighted by Gasteiger charge is 2.09. The van der Waals surface area contributed by atoms with E-state index >= 15 is 0 Å². The van der Waals surface area contributed by atoms with Crippen LogP contribution in [0.3, 0.4) is 0 Å². The van der Waals surface area contributed by atoms with E-state index in [0.717, 1.165) is 16.8 Å². The molecule has 0 bridgehead atoms. The Labute approximate surface area is 128 Å². The summed E-state index contributed by atoms with van der Waals surface area (Å²) in [5.41, 5.74) is 3.03. The Morgan fingerprint density at radius 3 is 2.36 bits per heavy atom. The van der Waals surface area contributed by atoms with Crippen molar-refractivity contribution in [3.05, 3.63) is 72.4 Å². The quantitative estimate of drug-likeness (QED) is 0.495. The van der Waals surface area contributed by atoms with Gasteiger partial charge in [0.05, 0.1) is 0 Å². The molecular weight excluding hydrogens is 270 g/mol. The molecule has 4 rings (SSSR count). The van der Waals surface area contributed by atoms with Gasteiger partial charge in [0.1, 0.15) is 0 Å². The molecule has 0 fully saturated rings. The molecule has 3 aromatic carbocycles. The maximum Gasteiger partial charge on any atom is 0.210 e. The fraction of sp³-hybridized carbons (Fsp3) is 0.0500. The van der Waals surface area contributed by atoms with E-state index in [4.69, 9.17) is 0 Å². The Kier molecular flexibility index (Phi) is 2.83.